The third-order valence-corrected chi connectivity index (χ3v) is 4.19. The lowest BCUT2D eigenvalue weighted by Crippen LogP contribution is -2.24. The number of aryl methyl sites for hydroxylation is 1. The molecule has 132 valence electrons. The van der Waals surface area contributed by atoms with E-state index in [2.05, 4.69) is 20.4 Å². The van der Waals surface area contributed by atoms with Crippen molar-refractivity contribution in [3.05, 3.63) is 52.0 Å². The molecule has 9 heteroatoms. The van der Waals surface area contributed by atoms with Crippen LogP contribution in [0.3, 0.4) is 0 Å². The lowest BCUT2D eigenvalue weighted by Gasteiger charge is -2.13. The molecule has 2 aromatic rings. The van der Waals surface area contributed by atoms with Crippen LogP contribution in [-0.4, -0.2) is 26.9 Å². The van der Waals surface area contributed by atoms with Crippen molar-refractivity contribution in [1.82, 2.24) is 20.1 Å². The first kappa shape index (κ1) is 17.6. The van der Waals surface area contributed by atoms with Gasteiger partial charge in [0.05, 0.1) is 10.6 Å². The third kappa shape index (κ3) is 3.73. The molecule has 0 saturated heterocycles. The second-order valence-electron chi connectivity index (χ2n) is 5.73. The minimum absolute atomic E-state index is 0.0468. The van der Waals surface area contributed by atoms with E-state index in [-0.39, 0.29) is 24.0 Å². The molecule has 0 saturated carbocycles. The number of hydrogen-bond donors (Lipinski definition) is 2. The molecule has 0 aliphatic carbocycles. The van der Waals surface area contributed by atoms with Gasteiger partial charge in [-0.25, -0.2) is 9.67 Å². The minimum atomic E-state index is -0.391. The van der Waals surface area contributed by atoms with E-state index in [9.17, 15) is 10.1 Å². The van der Waals surface area contributed by atoms with Gasteiger partial charge in [-0.1, -0.05) is 23.7 Å². The first-order chi connectivity index (χ1) is 12.5. The average molecular weight is 370 g/mol. The van der Waals surface area contributed by atoms with Crippen LogP contribution in [-0.2, 0) is 6.54 Å². The number of nitrogens with two attached hydrogens (primary N) is 1. The van der Waals surface area contributed by atoms with Crippen LogP contribution in [0.2, 0.25) is 0 Å². The van der Waals surface area contributed by atoms with Crippen molar-refractivity contribution in [2.45, 2.75) is 26.1 Å². The fourth-order valence-electron chi connectivity index (χ4n) is 2.53. The van der Waals surface area contributed by atoms with Crippen LogP contribution in [0.1, 0.15) is 39.9 Å². The molecule has 1 amide bonds. The normalized spacial score (nSPS) is 16.0. The van der Waals surface area contributed by atoms with E-state index in [0.29, 0.717) is 17.3 Å². The Morgan fingerprint density at radius 1 is 1.54 bits per heavy atom. The van der Waals surface area contributed by atoms with Gasteiger partial charge in [0, 0.05) is 31.1 Å². The first-order valence-electron chi connectivity index (χ1n) is 7.86. The summed E-state index contributed by atoms with van der Waals surface area (Å²) in [5.41, 5.74) is 7.45. The second kappa shape index (κ2) is 7.37. The van der Waals surface area contributed by atoms with E-state index in [4.69, 9.17) is 17.3 Å². The van der Waals surface area contributed by atoms with Crippen LogP contribution in [0, 0.1) is 18.3 Å². The Bertz CT molecular complexity index is 955. The number of nitriles is 1. The number of allylic oxidation sites excluding steroid dienone is 1. The smallest absolute Gasteiger partial charge is 0.256 e. The molecule has 1 aliphatic rings. The predicted octanol–water partition coefficient (Wildman–Crippen LogP) is 2.07. The molecule has 1 unspecified atom stereocenters. The maximum atomic E-state index is 12.5. The Labute approximate surface area is 155 Å². The Hall–Kier alpha value is -3.18. The number of aliphatic imine (C=N–C) groups is 1. The van der Waals surface area contributed by atoms with E-state index < -0.39 is 5.91 Å². The van der Waals surface area contributed by atoms with E-state index in [1.807, 2.05) is 19.1 Å². The molecule has 2 aromatic heterocycles. The van der Waals surface area contributed by atoms with Crippen LogP contribution < -0.4 is 11.1 Å². The number of aromatic nitrogens is 3. The van der Waals surface area contributed by atoms with Crippen molar-refractivity contribution >= 4 is 29.5 Å². The van der Waals surface area contributed by atoms with Crippen LogP contribution in [0.4, 0.5) is 5.82 Å². The maximum absolute atomic E-state index is 12.5. The predicted molar refractivity (Wildman–Crippen MR) is 97.6 cm³/mol. The summed E-state index contributed by atoms with van der Waals surface area (Å²) in [6, 6.07) is 5.43. The molecule has 1 aliphatic heterocycles. The quantitative estimate of drug-likeness (QED) is 0.854. The first-order valence-corrected chi connectivity index (χ1v) is 8.24. The van der Waals surface area contributed by atoms with Gasteiger partial charge in [0.1, 0.15) is 18.1 Å². The van der Waals surface area contributed by atoms with Gasteiger partial charge in [-0.2, -0.15) is 10.4 Å². The molecule has 1 atom stereocenters. The van der Waals surface area contributed by atoms with E-state index in [1.54, 1.807) is 12.1 Å². The molecule has 0 radical (unpaired) electrons. The van der Waals surface area contributed by atoms with Gasteiger partial charge in [-0.15, -0.1) is 0 Å². The van der Waals surface area contributed by atoms with Crippen molar-refractivity contribution in [3.63, 3.8) is 0 Å². The van der Waals surface area contributed by atoms with Gasteiger partial charge >= 0.3 is 0 Å². The Balaban J connectivity index is 1.75. The lowest BCUT2D eigenvalue weighted by molar-refractivity contribution is 0.0950. The highest BCUT2D eigenvalue weighted by atomic mass is 35.5. The molecule has 26 heavy (non-hydrogen) atoms. The lowest BCUT2D eigenvalue weighted by atomic mass is 10.2. The SMILES string of the molecule is Cc1nc(N)ccc1CNC(=O)c1cn(C2CC=C(Cl)C=N2)nc1C#N. The number of amides is 1. The van der Waals surface area contributed by atoms with Crippen LogP contribution >= 0.6 is 11.6 Å². The molecular weight excluding hydrogens is 354 g/mol. The zero-order chi connectivity index (χ0) is 18.7. The number of nitrogen functional groups attached to an aromatic ring is 1. The zero-order valence-corrected chi connectivity index (χ0v) is 14.7. The number of nitrogens with one attached hydrogen (secondary N) is 1. The minimum Gasteiger partial charge on any atom is -0.384 e. The second-order valence-corrected chi connectivity index (χ2v) is 6.17. The largest absolute Gasteiger partial charge is 0.384 e. The van der Waals surface area contributed by atoms with Crippen molar-refractivity contribution in [1.29, 1.82) is 5.26 Å². The van der Waals surface area contributed by atoms with E-state index in [1.165, 1.54) is 17.1 Å². The van der Waals surface area contributed by atoms with Gasteiger partial charge < -0.3 is 11.1 Å². The number of carbonyl (C=O) groups excluding carboxylic acids is 1. The van der Waals surface area contributed by atoms with Gasteiger partial charge in [0.25, 0.3) is 5.91 Å². The number of dihydropyridines is 1. The molecule has 3 N–H and O–H groups in total. The number of rotatable bonds is 4. The topological polar surface area (TPSA) is 122 Å². The number of carbonyl (C=O) groups is 1. The van der Waals surface area contributed by atoms with Crippen molar-refractivity contribution < 1.29 is 4.79 Å². The summed E-state index contributed by atoms with van der Waals surface area (Å²) in [5.74, 6) is 0.0326. The van der Waals surface area contributed by atoms with Gasteiger partial charge in [-0.3, -0.25) is 9.79 Å². The summed E-state index contributed by atoms with van der Waals surface area (Å²) in [6.07, 6.45) is 5.08. The standard InChI is InChI=1S/C17H16ClN7O/c1-10-11(2-4-15(20)23-10)7-22-17(26)13-9-25(24-14(13)6-19)16-5-3-12(18)8-21-16/h2-4,8-9,16H,5,7H2,1H3,(H2,20,23)(H,22,26). The molecule has 0 fully saturated rings. The van der Waals surface area contributed by atoms with E-state index >= 15 is 0 Å². The van der Waals surface area contributed by atoms with Gasteiger partial charge in [-0.05, 0) is 18.6 Å². The van der Waals surface area contributed by atoms with Gasteiger partial charge in [0.15, 0.2) is 5.69 Å². The van der Waals surface area contributed by atoms with Crippen molar-refractivity contribution in [2.75, 3.05) is 5.73 Å². The molecule has 0 bridgehead atoms. The third-order valence-electron chi connectivity index (χ3n) is 3.94. The summed E-state index contributed by atoms with van der Waals surface area (Å²) in [4.78, 5) is 20.9. The Kier molecular flexibility index (Phi) is 5.00. The number of hydrogen-bond acceptors (Lipinski definition) is 6. The summed E-state index contributed by atoms with van der Waals surface area (Å²) >= 11 is 5.86. The van der Waals surface area contributed by atoms with Crippen molar-refractivity contribution in [3.8, 4) is 6.07 Å². The van der Waals surface area contributed by atoms with Crippen LogP contribution in [0.25, 0.3) is 0 Å². The zero-order valence-electron chi connectivity index (χ0n) is 14.0. The molecule has 0 aromatic carbocycles. The average Bonchev–Trinajstić information content (AvgIpc) is 3.06. The number of pyridine rings is 1. The summed E-state index contributed by atoms with van der Waals surface area (Å²) < 4.78 is 1.50. The molecule has 3 rings (SSSR count). The number of anilines is 1. The summed E-state index contributed by atoms with van der Waals surface area (Å²) in [5, 5.41) is 16.8. The molecule has 3 heterocycles. The Morgan fingerprint density at radius 2 is 2.35 bits per heavy atom. The van der Waals surface area contributed by atoms with Crippen LogP contribution in [0.15, 0.2) is 34.4 Å². The fourth-order valence-corrected chi connectivity index (χ4v) is 2.67. The Morgan fingerprint density at radius 3 is 3.00 bits per heavy atom. The van der Waals surface area contributed by atoms with E-state index in [0.717, 1.165) is 11.3 Å². The number of halogens is 1. The maximum Gasteiger partial charge on any atom is 0.256 e. The van der Waals surface area contributed by atoms with Crippen molar-refractivity contribution in [2.24, 2.45) is 4.99 Å². The van der Waals surface area contributed by atoms with Gasteiger partial charge in [0.2, 0.25) is 0 Å². The highest BCUT2D eigenvalue weighted by Gasteiger charge is 2.20. The fraction of sp³-hybridized carbons (Fsp3) is 0.235. The molecular formula is C17H16ClN7O. The monoisotopic (exact) mass is 369 g/mol. The summed E-state index contributed by atoms with van der Waals surface area (Å²) in [7, 11) is 0. The summed E-state index contributed by atoms with van der Waals surface area (Å²) in [6.45, 7) is 2.09. The molecule has 0 spiro atoms. The highest BCUT2D eigenvalue weighted by Crippen LogP contribution is 2.21. The number of nitrogens with zero attached hydrogens (tertiary/aromatic N) is 5. The van der Waals surface area contributed by atoms with Crippen LogP contribution in [0.5, 0.6) is 0 Å². The molecule has 8 nitrogen and oxygen atoms in total. The highest BCUT2D eigenvalue weighted by molar-refractivity contribution is 6.39.